The zero-order valence-electron chi connectivity index (χ0n) is 11.5. The molecule has 112 valence electrons. The van der Waals surface area contributed by atoms with Gasteiger partial charge in [-0.15, -0.1) is 0 Å². The molecule has 0 aliphatic heterocycles. The number of carboxylic acid groups (broad SMARTS) is 1. The topological polar surface area (TPSA) is 73.6 Å². The highest BCUT2D eigenvalue weighted by Crippen LogP contribution is 2.39. The van der Waals surface area contributed by atoms with Crippen LogP contribution >= 0.6 is 31.9 Å². The van der Waals surface area contributed by atoms with Gasteiger partial charge >= 0.3 is 5.97 Å². The molecule has 0 aliphatic carbocycles. The van der Waals surface area contributed by atoms with Crippen molar-refractivity contribution in [1.29, 1.82) is 0 Å². The van der Waals surface area contributed by atoms with Crippen LogP contribution in [0.25, 0.3) is 0 Å². The van der Waals surface area contributed by atoms with Crippen LogP contribution in [0.3, 0.4) is 0 Å². The first-order valence-electron chi connectivity index (χ1n) is 5.83. The highest BCUT2D eigenvalue weighted by molar-refractivity contribution is 9.11. The Bertz CT molecular complexity index is 713. The number of carboxylic acids is 1. The largest absolute Gasteiger partial charge is 0.496 e. The van der Waals surface area contributed by atoms with Gasteiger partial charge in [0.25, 0.3) is 0 Å². The Morgan fingerprint density at radius 2 is 1.86 bits per heavy atom. The fourth-order valence-corrected chi connectivity index (χ4v) is 2.74. The first-order chi connectivity index (χ1) is 9.85. The third kappa shape index (κ3) is 3.06. The minimum atomic E-state index is -1.08. The van der Waals surface area contributed by atoms with Crippen molar-refractivity contribution in [3.63, 3.8) is 0 Å². The number of carbonyl (C=O) groups is 1. The molecule has 0 amide bonds. The van der Waals surface area contributed by atoms with Crippen LogP contribution in [0.5, 0.6) is 17.4 Å². The highest BCUT2D eigenvalue weighted by atomic mass is 79.9. The average molecular weight is 420 g/mol. The van der Waals surface area contributed by atoms with Crippen molar-refractivity contribution in [3.8, 4) is 17.4 Å². The minimum absolute atomic E-state index is 0.0383. The van der Waals surface area contributed by atoms with Crippen LogP contribution in [0.1, 0.15) is 16.1 Å². The SMILES string of the molecule is COc1cc(Br)c(Oc2c(C(=O)O)c(C)nn2C)cc1Br. The molecule has 6 nitrogen and oxygen atoms in total. The number of aryl methyl sites for hydroxylation is 2. The number of ether oxygens (including phenoxy) is 2. The van der Waals surface area contributed by atoms with Crippen molar-refractivity contribution in [3.05, 3.63) is 32.3 Å². The molecule has 1 heterocycles. The van der Waals surface area contributed by atoms with E-state index in [2.05, 4.69) is 37.0 Å². The Labute approximate surface area is 137 Å². The van der Waals surface area contributed by atoms with Crippen LogP contribution in [0, 0.1) is 6.92 Å². The molecular weight excluding hydrogens is 408 g/mol. The second-order valence-electron chi connectivity index (χ2n) is 4.21. The molecule has 0 atom stereocenters. The first kappa shape index (κ1) is 15.8. The lowest BCUT2D eigenvalue weighted by molar-refractivity contribution is 0.0693. The van der Waals surface area contributed by atoms with E-state index >= 15 is 0 Å². The summed E-state index contributed by atoms with van der Waals surface area (Å²) in [6, 6.07) is 3.42. The second-order valence-corrected chi connectivity index (χ2v) is 5.92. The molecule has 2 aromatic rings. The molecule has 0 bridgehead atoms. The summed E-state index contributed by atoms with van der Waals surface area (Å²) in [7, 11) is 3.18. The van der Waals surface area contributed by atoms with E-state index < -0.39 is 5.97 Å². The molecule has 0 saturated carbocycles. The monoisotopic (exact) mass is 418 g/mol. The maximum absolute atomic E-state index is 11.3. The van der Waals surface area contributed by atoms with Gasteiger partial charge in [-0.05, 0) is 50.9 Å². The number of aromatic carboxylic acids is 1. The number of methoxy groups -OCH3 is 1. The van der Waals surface area contributed by atoms with Crippen molar-refractivity contribution in [2.45, 2.75) is 6.92 Å². The molecule has 2 rings (SSSR count). The van der Waals surface area contributed by atoms with Crippen molar-refractivity contribution in [2.75, 3.05) is 7.11 Å². The molecule has 1 N–H and O–H groups in total. The van der Waals surface area contributed by atoms with Crippen LogP contribution in [-0.2, 0) is 7.05 Å². The lowest BCUT2D eigenvalue weighted by Gasteiger charge is -2.11. The summed E-state index contributed by atoms with van der Waals surface area (Å²) >= 11 is 6.73. The molecule has 0 fully saturated rings. The Morgan fingerprint density at radius 1 is 1.29 bits per heavy atom. The quantitative estimate of drug-likeness (QED) is 0.816. The van der Waals surface area contributed by atoms with Crippen LogP contribution in [0.4, 0.5) is 0 Å². The average Bonchev–Trinajstić information content (AvgIpc) is 2.68. The third-order valence-electron chi connectivity index (χ3n) is 2.80. The predicted octanol–water partition coefficient (Wildman–Crippen LogP) is 3.75. The molecule has 0 aliphatic rings. The van der Waals surface area contributed by atoms with E-state index in [4.69, 9.17) is 9.47 Å². The van der Waals surface area contributed by atoms with Crippen molar-refractivity contribution >= 4 is 37.8 Å². The van der Waals surface area contributed by atoms with Crippen molar-refractivity contribution < 1.29 is 19.4 Å². The zero-order valence-corrected chi connectivity index (χ0v) is 14.6. The molecule has 0 saturated heterocycles. The number of hydrogen-bond donors (Lipinski definition) is 1. The van der Waals surface area contributed by atoms with E-state index in [1.165, 1.54) is 4.68 Å². The van der Waals surface area contributed by atoms with E-state index in [1.807, 2.05) is 0 Å². The third-order valence-corrected chi connectivity index (χ3v) is 4.04. The lowest BCUT2D eigenvalue weighted by atomic mass is 10.2. The normalized spacial score (nSPS) is 10.5. The maximum Gasteiger partial charge on any atom is 0.343 e. The Kier molecular flexibility index (Phi) is 4.58. The molecule has 0 radical (unpaired) electrons. The Morgan fingerprint density at radius 3 is 2.43 bits per heavy atom. The van der Waals surface area contributed by atoms with Gasteiger partial charge in [-0.1, -0.05) is 0 Å². The van der Waals surface area contributed by atoms with Crippen molar-refractivity contribution in [2.24, 2.45) is 7.05 Å². The molecular formula is C13H12Br2N2O4. The summed E-state index contributed by atoms with van der Waals surface area (Å²) in [5.74, 6) is 0.166. The summed E-state index contributed by atoms with van der Waals surface area (Å²) in [4.78, 5) is 11.3. The van der Waals surface area contributed by atoms with Crippen LogP contribution in [0.2, 0.25) is 0 Å². The van der Waals surface area contributed by atoms with Gasteiger partial charge in [0.1, 0.15) is 17.1 Å². The molecule has 0 unspecified atom stereocenters. The van der Waals surface area contributed by atoms with Gasteiger partial charge in [0.2, 0.25) is 5.88 Å². The standard InChI is InChI=1S/C13H12Br2N2O4/c1-6-11(13(18)19)12(17(2)16-6)21-10-5-7(14)9(20-3)4-8(10)15/h4-5H,1-3H3,(H,18,19). The summed E-state index contributed by atoms with van der Waals surface area (Å²) in [6.45, 7) is 1.62. The predicted molar refractivity (Wildman–Crippen MR) is 83.4 cm³/mol. The number of nitrogens with zero attached hydrogens (tertiary/aromatic N) is 2. The Hall–Kier alpha value is -1.54. The van der Waals surface area contributed by atoms with E-state index in [0.29, 0.717) is 26.1 Å². The van der Waals surface area contributed by atoms with Crippen LogP contribution in [-0.4, -0.2) is 28.0 Å². The molecule has 8 heteroatoms. The number of aromatic nitrogens is 2. The highest BCUT2D eigenvalue weighted by Gasteiger charge is 2.22. The van der Waals surface area contributed by atoms with E-state index in [-0.39, 0.29) is 11.4 Å². The number of benzene rings is 1. The summed E-state index contributed by atoms with van der Waals surface area (Å²) < 4.78 is 13.6. The van der Waals surface area contributed by atoms with Gasteiger partial charge in [-0.2, -0.15) is 5.10 Å². The van der Waals surface area contributed by atoms with Gasteiger partial charge in [-0.3, -0.25) is 0 Å². The maximum atomic E-state index is 11.3. The van der Waals surface area contributed by atoms with Gasteiger partial charge in [0, 0.05) is 7.05 Å². The number of rotatable bonds is 4. The first-order valence-corrected chi connectivity index (χ1v) is 7.41. The van der Waals surface area contributed by atoms with Crippen LogP contribution < -0.4 is 9.47 Å². The molecule has 0 spiro atoms. The molecule has 1 aromatic carbocycles. The van der Waals surface area contributed by atoms with E-state index in [0.717, 1.165) is 0 Å². The lowest BCUT2D eigenvalue weighted by Crippen LogP contribution is -2.02. The Balaban J connectivity index is 2.48. The summed E-state index contributed by atoms with van der Waals surface area (Å²) in [5.41, 5.74) is 0.431. The van der Waals surface area contributed by atoms with Gasteiger partial charge in [0.05, 0.1) is 21.7 Å². The fourth-order valence-electron chi connectivity index (χ4n) is 1.85. The molecule has 21 heavy (non-hydrogen) atoms. The smallest absolute Gasteiger partial charge is 0.343 e. The van der Waals surface area contributed by atoms with Crippen LogP contribution in [0.15, 0.2) is 21.1 Å². The summed E-state index contributed by atoms with van der Waals surface area (Å²) in [5, 5.41) is 13.3. The second kappa shape index (κ2) is 6.07. The number of halogens is 2. The minimum Gasteiger partial charge on any atom is -0.496 e. The molecule has 1 aromatic heterocycles. The summed E-state index contributed by atoms with van der Waals surface area (Å²) in [6.07, 6.45) is 0. The van der Waals surface area contributed by atoms with Gasteiger partial charge < -0.3 is 14.6 Å². The number of hydrogen-bond acceptors (Lipinski definition) is 4. The van der Waals surface area contributed by atoms with E-state index in [9.17, 15) is 9.90 Å². The van der Waals surface area contributed by atoms with Gasteiger partial charge in [0.15, 0.2) is 0 Å². The van der Waals surface area contributed by atoms with Gasteiger partial charge in [-0.25, -0.2) is 9.48 Å². The van der Waals surface area contributed by atoms with Crippen molar-refractivity contribution in [1.82, 2.24) is 9.78 Å². The van der Waals surface area contributed by atoms with E-state index in [1.54, 1.807) is 33.2 Å². The zero-order chi connectivity index (χ0) is 15.7. The fraction of sp³-hybridized carbons (Fsp3) is 0.231.